The number of aliphatic hydroxyl groups excluding tert-OH is 1. The number of furan rings is 1. The third kappa shape index (κ3) is 3.00. The lowest BCUT2D eigenvalue weighted by molar-refractivity contribution is 0.101. The van der Waals surface area contributed by atoms with Crippen molar-refractivity contribution in [1.29, 1.82) is 0 Å². The zero-order valence-electron chi connectivity index (χ0n) is 13.8. The summed E-state index contributed by atoms with van der Waals surface area (Å²) < 4.78 is 5.53. The fourth-order valence-corrected chi connectivity index (χ4v) is 2.70. The van der Waals surface area contributed by atoms with Crippen LogP contribution in [0, 0.1) is 13.8 Å². The van der Waals surface area contributed by atoms with E-state index in [2.05, 4.69) is 15.3 Å². The van der Waals surface area contributed by atoms with Gasteiger partial charge in [-0.05, 0) is 26.3 Å². The van der Waals surface area contributed by atoms with Crippen molar-refractivity contribution in [3.8, 4) is 0 Å². The van der Waals surface area contributed by atoms with Crippen molar-refractivity contribution in [2.75, 3.05) is 11.9 Å². The van der Waals surface area contributed by atoms with E-state index in [1.807, 2.05) is 31.2 Å². The molecule has 1 atom stereocenters. The van der Waals surface area contributed by atoms with Crippen molar-refractivity contribution in [2.45, 2.75) is 26.9 Å². The van der Waals surface area contributed by atoms with Crippen LogP contribution in [-0.4, -0.2) is 27.4 Å². The number of anilines is 1. The molecule has 1 aromatic carbocycles. The number of aliphatic hydroxyl groups is 1. The van der Waals surface area contributed by atoms with Crippen LogP contribution in [0.3, 0.4) is 0 Å². The number of hydrogen-bond acceptors (Lipinski definition) is 6. The fraction of sp³-hybridized carbons (Fsp3) is 0.278. The summed E-state index contributed by atoms with van der Waals surface area (Å²) >= 11 is 0. The highest BCUT2D eigenvalue weighted by molar-refractivity contribution is 6.09. The van der Waals surface area contributed by atoms with E-state index in [1.165, 1.54) is 13.3 Å². The summed E-state index contributed by atoms with van der Waals surface area (Å²) in [6, 6.07) is 7.68. The van der Waals surface area contributed by atoms with Gasteiger partial charge in [-0.1, -0.05) is 29.8 Å². The number of nitrogens with zero attached hydrogens (tertiary/aromatic N) is 2. The van der Waals surface area contributed by atoms with Gasteiger partial charge in [0.15, 0.2) is 5.78 Å². The smallest absolute Gasteiger partial charge is 0.232 e. The molecule has 2 heterocycles. The van der Waals surface area contributed by atoms with Crippen LogP contribution in [0.2, 0.25) is 0 Å². The van der Waals surface area contributed by atoms with Gasteiger partial charge < -0.3 is 14.8 Å². The van der Waals surface area contributed by atoms with Gasteiger partial charge in [-0.2, -0.15) is 0 Å². The zero-order chi connectivity index (χ0) is 17.3. The molecule has 0 saturated carbocycles. The van der Waals surface area contributed by atoms with Gasteiger partial charge in [-0.25, -0.2) is 9.97 Å². The van der Waals surface area contributed by atoms with Crippen molar-refractivity contribution in [1.82, 2.24) is 9.97 Å². The molecule has 0 aliphatic carbocycles. The number of aryl methyl sites for hydroxylation is 2. The normalized spacial score (nSPS) is 12.3. The van der Waals surface area contributed by atoms with E-state index in [1.54, 1.807) is 6.92 Å². The molecule has 0 aliphatic heterocycles. The molecule has 0 fully saturated rings. The van der Waals surface area contributed by atoms with Crippen LogP contribution < -0.4 is 5.32 Å². The first kappa shape index (κ1) is 16.1. The Morgan fingerprint density at radius 1 is 1.25 bits per heavy atom. The molecule has 0 saturated heterocycles. The van der Waals surface area contributed by atoms with Crippen molar-refractivity contribution in [3.05, 3.63) is 53.0 Å². The molecule has 0 bridgehead atoms. The summed E-state index contributed by atoms with van der Waals surface area (Å²) in [5, 5.41) is 14.0. The molecule has 3 aromatic rings. The van der Waals surface area contributed by atoms with Crippen molar-refractivity contribution in [2.24, 2.45) is 0 Å². The van der Waals surface area contributed by atoms with E-state index in [0.29, 0.717) is 28.2 Å². The number of fused-ring (bicyclic) bond motifs is 1. The van der Waals surface area contributed by atoms with E-state index in [4.69, 9.17) is 4.42 Å². The molecule has 6 heteroatoms. The number of benzene rings is 1. The standard InChI is InChI=1S/C18H19N3O3/c1-10-4-6-13(7-5-10)14(23)8-19-17-16-15(11(2)22)12(3)24-18(16)21-9-20-17/h4-7,9,14,23H,8H2,1-3H3,(H,19,20,21). The minimum absolute atomic E-state index is 0.108. The van der Waals surface area contributed by atoms with Crippen LogP contribution in [0.4, 0.5) is 5.82 Å². The van der Waals surface area contributed by atoms with Crippen LogP contribution >= 0.6 is 0 Å². The second kappa shape index (κ2) is 6.41. The van der Waals surface area contributed by atoms with E-state index in [9.17, 15) is 9.90 Å². The van der Waals surface area contributed by atoms with Crippen LogP contribution in [-0.2, 0) is 0 Å². The molecule has 2 N–H and O–H groups in total. The third-order valence-corrected chi connectivity index (χ3v) is 3.94. The number of nitrogens with one attached hydrogen (secondary N) is 1. The van der Waals surface area contributed by atoms with Gasteiger partial charge in [0.2, 0.25) is 5.71 Å². The average molecular weight is 325 g/mol. The molecular formula is C18H19N3O3. The van der Waals surface area contributed by atoms with Gasteiger partial charge in [0.05, 0.1) is 17.1 Å². The Bertz CT molecular complexity index is 884. The minimum atomic E-state index is -0.690. The predicted molar refractivity (Wildman–Crippen MR) is 91.2 cm³/mol. The van der Waals surface area contributed by atoms with Gasteiger partial charge >= 0.3 is 0 Å². The van der Waals surface area contributed by atoms with E-state index >= 15 is 0 Å². The highest BCUT2D eigenvalue weighted by Crippen LogP contribution is 2.29. The summed E-state index contributed by atoms with van der Waals surface area (Å²) in [5.74, 6) is 0.886. The van der Waals surface area contributed by atoms with Gasteiger partial charge in [0.1, 0.15) is 17.9 Å². The van der Waals surface area contributed by atoms with Crippen molar-refractivity contribution < 1.29 is 14.3 Å². The van der Waals surface area contributed by atoms with Gasteiger partial charge in [-0.15, -0.1) is 0 Å². The average Bonchev–Trinajstić information content (AvgIpc) is 2.89. The maximum atomic E-state index is 11.9. The van der Waals surface area contributed by atoms with Crippen molar-refractivity contribution >= 4 is 22.7 Å². The minimum Gasteiger partial charge on any atom is -0.442 e. The quantitative estimate of drug-likeness (QED) is 0.700. The number of aromatic nitrogens is 2. The summed E-state index contributed by atoms with van der Waals surface area (Å²) in [4.78, 5) is 20.2. The lowest BCUT2D eigenvalue weighted by Crippen LogP contribution is -2.13. The Hall–Kier alpha value is -2.73. The molecule has 3 rings (SSSR count). The largest absolute Gasteiger partial charge is 0.442 e. The Morgan fingerprint density at radius 2 is 1.96 bits per heavy atom. The second-order valence-corrected chi connectivity index (χ2v) is 5.80. The van der Waals surface area contributed by atoms with Crippen LogP contribution in [0.25, 0.3) is 11.1 Å². The lowest BCUT2D eigenvalue weighted by atomic mass is 10.1. The molecule has 0 aliphatic rings. The van der Waals surface area contributed by atoms with E-state index in [0.717, 1.165) is 11.1 Å². The number of carbonyl (C=O) groups excluding carboxylic acids is 1. The fourth-order valence-electron chi connectivity index (χ4n) is 2.70. The number of rotatable bonds is 5. The maximum absolute atomic E-state index is 11.9. The molecular weight excluding hydrogens is 306 g/mol. The SMILES string of the molecule is CC(=O)c1c(C)oc2ncnc(NCC(O)c3ccc(C)cc3)c12. The summed E-state index contributed by atoms with van der Waals surface area (Å²) in [6.07, 6.45) is 0.680. The molecule has 1 unspecified atom stereocenters. The zero-order valence-corrected chi connectivity index (χ0v) is 13.8. The molecule has 0 radical (unpaired) electrons. The first-order chi connectivity index (χ1) is 11.5. The molecule has 2 aromatic heterocycles. The molecule has 24 heavy (non-hydrogen) atoms. The summed E-state index contributed by atoms with van der Waals surface area (Å²) in [7, 11) is 0. The Balaban J connectivity index is 1.87. The number of ketones is 1. The monoisotopic (exact) mass is 325 g/mol. The molecule has 6 nitrogen and oxygen atoms in total. The van der Waals surface area contributed by atoms with Crippen LogP contribution in [0.15, 0.2) is 35.0 Å². The summed E-state index contributed by atoms with van der Waals surface area (Å²) in [5.41, 5.74) is 2.78. The van der Waals surface area contributed by atoms with Gasteiger partial charge in [0.25, 0.3) is 0 Å². The van der Waals surface area contributed by atoms with Gasteiger partial charge in [-0.3, -0.25) is 4.79 Å². The number of hydrogen-bond donors (Lipinski definition) is 2. The van der Waals surface area contributed by atoms with Crippen LogP contribution in [0.5, 0.6) is 0 Å². The molecule has 124 valence electrons. The first-order valence-electron chi connectivity index (χ1n) is 7.71. The van der Waals surface area contributed by atoms with Crippen molar-refractivity contribution in [3.63, 3.8) is 0 Å². The highest BCUT2D eigenvalue weighted by Gasteiger charge is 2.20. The number of Topliss-reactive ketones (excluding diaryl/α,β-unsaturated/α-hetero) is 1. The molecule has 0 amide bonds. The Labute approximate surface area is 139 Å². The maximum Gasteiger partial charge on any atom is 0.232 e. The lowest BCUT2D eigenvalue weighted by Gasteiger charge is -2.13. The Morgan fingerprint density at radius 3 is 2.62 bits per heavy atom. The topological polar surface area (TPSA) is 88.2 Å². The number of carbonyl (C=O) groups is 1. The van der Waals surface area contributed by atoms with E-state index in [-0.39, 0.29) is 12.3 Å². The van der Waals surface area contributed by atoms with E-state index < -0.39 is 6.10 Å². The predicted octanol–water partition coefficient (Wildman–Crippen LogP) is 3.19. The third-order valence-electron chi connectivity index (χ3n) is 3.94. The first-order valence-corrected chi connectivity index (χ1v) is 7.71. The second-order valence-electron chi connectivity index (χ2n) is 5.80. The highest BCUT2D eigenvalue weighted by atomic mass is 16.3. The molecule has 0 spiro atoms. The Kier molecular flexibility index (Phi) is 4.31. The van der Waals surface area contributed by atoms with Gasteiger partial charge in [0, 0.05) is 6.54 Å². The van der Waals surface area contributed by atoms with Crippen LogP contribution in [0.1, 0.15) is 40.3 Å². The summed E-state index contributed by atoms with van der Waals surface area (Å²) in [6.45, 7) is 5.46.